The summed E-state index contributed by atoms with van der Waals surface area (Å²) in [5.74, 6) is -0.878. The van der Waals surface area contributed by atoms with Crippen molar-refractivity contribution in [3.8, 4) is 0 Å². The molecular weight excluding hydrogens is 295 g/mol. The zero-order valence-corrected chi connectivity index (χ0v) is 12.0. The van der Waals surface area contributed by atoms with E-state index in [1.165, 1.54) is 12.1 Å². The number of anilines is 1. The third-order valence-electron chi connectivity index (χ3n) is 2.90. The van der Waals surface area contributed by atoms with Gasteiger partial charge in [-0.2, -0.15) is 5.10 Å². The fourth-order valence-corrected chi connectivity index (χ4v) is 1.93. The number of nitrogens with one attached hydrogen (secondary N) is 1. The Morgan fingerprint density at radius 1 is 1.38 bits per heavy atom. The first-order valence-corrected chi connectivity index (χ1v) is 6.75. The van der Waals surface area contributed by atoms with Crippen molar-refractivity contribution in [1.29, 1.82) is 0 Å². The van der Waals surface area contributed by atoms with Gasteiger partial charge in [-0.05, 0) is 12.1 Å². The summed E-state index contributed by atoms with van der Waals surface area (Å²) in [6.45, 7) is 1.80. The van der Waals surface area contributed by atoms with Gasteiger partial charge in [-0.15, -0.1) is 0 Å². The Kier molecular flexibility index (Phi) is 5.18. The molecule has 2 rings (SSSR count). The summed E-state index contributed by atoms with van der Waals surface area (Å²) < 4.78 is 18.7. The summed E-state index contributed by atoms with van der Waals surface area (Å²) in [5.41, 5.74) is 8.05. The molecule has 0 aromatic heterocycles. The van der Waals surface area contributed by atoms with Crippen LogP contribution in [-0.4, -0.2) is 47.8 Å². The average molecular weight is 310 g/mol. The number of ether oxygens (including phenoxy) is 1. The summed E-state index contributed by atoms with van der Waals surface area (Å²) in [7, 11) is 0. The topological polar surface area (TPSA) is 79.9 Å². The molecule has 0 unspecified atom stereocenters. The van der Waals surface area contributed by atoms with Crippen molar-refractivity contribution in [1.82, 2.24) is 4.90 Å². The first kappa shape index (κ1) is 15.3. The quantitative estimate of drug-likeness (QED) is 0.487. The summed E-state index contributed by atoms with van der Waals surface area (Å²) in [6.07, 6.45) is 0. The van der Waals surface area contributed by atoms with E-state index in [9.17, 15) is 9.18 Å². The maximum Gasteiger partial charge on any atom is 0.277 e. The molecule has 21 heavy (non-hydrogen) atoms. The molecule has 0 radical (unpaired) electrons. The number of halogens is 1. The predicted octanol–water partition coefficient (Wildman–Crippen LogP) is 0.738. The lowest BCUT2D eigenvalue weighted by molar-refractivity contribution is -0.127. The van der Waals surface area contributed by atoms with Crippen molar-refractivity contribution in [2.24, 2.45) is 10.8 Å². The van der Waals surface area contributed by atoms with Crippen LogP contribution < -0.4 is 11.2 Å². The summed E-state index contributed by atoms with van der Waals surface area (Å²) in [6, 6.07) is 5.97. The van der Waals surface area contributed by atoms with Gasteiger partial charge in [0.05, 0.1) is 18.9 Å². The van der Waals surface area contributed by atoms with Gasteiger partial charge in [-0.3, -0.25) is 10.2 Å². The van der Waals surface area contributed by atoms with Crippen LogP contribution in [0.3, 0.4) is 0 Å². The number of hydrazone groups is 1. The lowest BCUT2D eigenvalue weighted by Gasteiger charge is -2.26. The lowest BCUT2D eigenvalue weighted by atomic mass is 10.3. The van der Waals surface area contributed by atoms with Gasteiger partial charge in [0.15, 0.2) is 5.71 Å². The fraction of sp³-hybridized carbons (Fsp3) is 0.308. The van der Waals surface area contributed by atoms with Crippen LogP contribution in [0.4, 0.5) is 10.1 Å². The molecule has 3 N–H and O–H groups in total. The molecule has 1 aromatic rings. The van der Waals surface area contributed by atoms with E-state index in [-0.39, 0.29) is 16.4 Å². The Labute approximate surface area is 126 Å². The highest BCUT2D eigenvalue weighted by molar-refractivity contribution is 7.82. The second-order valence-electron chi connectivity index (χ2n) is 4.32. The zero-order chi connectivity index (χ0) is 15.2. The van der Waals surface area contributed by atoms with Gasteiger partial charge in [-0.1, -0.05) is 24.4 Å². The molecular formula is C13H15FN4O2S. The second kappa shape index (κ2) is 7.09. The summed E-state index contributed by atoms with van der Waals surface area (Å²) in [5, 5.41) is 3.86. The van der Waals surface area contributed by atoms with Gasteiger partial charge in [0.2, 0.25) is 0 Å². The van der Waals surface area contributed by atoms with Crippen molar-refractivity contribution in [2.45, 2.75) is 0 Å². The minimum Gasteiger partial charge on any atom is -0.388 e. The Morgan fingerprint density at radius 3 is 2.67 bits per heavy atom. The molecule has 0 spiro atoms. The molecule has 0 atom stereocenters. The number of hydrogen-bond donors (Lipinski definition) is 2. The minimum absolute atomic E-state index is 0.102. The monoisotopic (exact) mass is 310 g/mol. The standard InChI is InChI=1S/C13H15FN4O2S/c14-9-3-1-2-4-10(9)16-17-11(12(15)21)13(19)18-5-7-20-8-6-18/h1-4,16H,5-8H2,(H2,15,21)/b17-11+. The highest BCUT2D eigenvalue weighted by atomic mass is 32.1. The maximum atomic E-state index is 13.5. The van der Waals surface area contributed by atoms with E-state index in [0.29, 0.717) is 26.3 Å². The average Bonchev–Trinajstić information content (AvgIpc) is 2.49. The highest BCUT2D eigenvalue weighted by Gasteiger charge is 2.24. The Hall–Kier alpha value is -2.06. The van der Waals surface area contributed by atoms with Crippen LogP contribution in [0, 0.1) is 5.82 Å². The normalized spacial score (nSPS) is 15.7. The number of nitrogens with two attached hydrogens (primary N) is 1. The smallest absolute Gasteiger partial charge is 0.277 e. The number of thiocarbonyl (C=S) groups is 1. The molecule has 0 aliphatic carbocycles. The number of carbonyl (C=O) groups is 1. The van der Waals surface area contributed by atoms with Crippen LogP contribution in [0.25, 0.3) is 0 Å². The largest absolute Gasteiger partial charge is 0.388 e. The van der Waals surface area contributed by atoms with E-state index in [1.54, 1.807) is 17.0 Å². The number of rotatable bonds is 4. The molecule has 1 saturated heterocycles. The van der Waals surface area contributed by atoms with Crippen LogP contribution in [0.5, 0.6) is 0 Å². The molecule has 1 fully saturated rings. The van der Waals surface area contributed by atoms with Crippen molar-refractivity contribution in [2.75, 3.05) is 31.7 Å². The van der Waals surface area contributed by atoms with Gasteiger partial charge in [0.25, 0.3) is 5.91 Å². The number of morpholine rings is 1. The third kappa shape index (κ3) is 3.96. The van der Waals surface area contributed by atoms with Gasteiger partial charge in [0.1, 0.15) is 10.8 Å². The third-order valence-corrected chi connectivity index (χ3v) is 3.09. The van der Waals surface area contributed by atoms with E-state index in [0.717, 1.165) is 0 Å². The molecule has 0 bridgehead atoms. The van der Waals surface area contributed by atoms with Crippen molar-refractivity contribution < 1.29 is 13.9 Å². The molecule has 6 nitrogen and oxygen atoms in total. The number of amides is 1. The molecule has 1 amide bonds. The number of para-hydroxylation sites is 1. The van der Waals surface area contributed by atoms with E-state index in [1.807, 2.05) is 0 Å². The van der Waals surface area contributed by atoms with E-state index in [4.69, 9.17) is 22.7 Å². The van der Waals surface area contributed by atoms with Gasteiger partial charge in [-0.25, -0.2) is 4.39 Å². The SMILES string of the molecule is NC(=S)/C(=N\Nc1ccccc1F)C(=O)N1CCOCC1. The molecule has 1 heterocycles. The lowest BCUT2D eigenvalue weighted by Crippen LogP contribution is -2.47. The van der Waals surface area contributed by atoms with E-state index >= 15 is 0 Å². The number of carbonyl (C=O) groups excluding carboxylic acids is 1. The van der Waals surface area contributed by atoms with Crippen molar-refractivity contribution in [3.05, 3.63) is 30.1 Å². The predicted molar refractivity (Wildman–Crippen MR) is 81.6 cm³/mol. The fourth-order valence-electron chi connectivity index (χ4n) is 1.79. The molecule has 1 aliphatic heterocycles. The van der Waals surface area contributed by atoms with Crippen molar-refractivity contribution in [3.63, 3.8) is 0 Å². The number of nitrogens with zero attached hydrogens (tertiary/aromatic N) is 2. The minimum atomic E-state index is -0.484. The molecule has 8 heteroatoms. The maximum absolute atomic E-state index is 13.5. The number of benzene rings is 1. The Balaban J connectivity index is 2.14. The highest BCUT2D eigenvalue weighted by Crippen LogP contribution is 2.12. The first-order chi connectivity index (χ1) is 10.1. The van der Waals surface area contributed by atoms with Crippen LogP contribution in [0.15, 0.2) is 29.4 Å². The van der Waals surface area contributed by atoms with Gasteiger partial charge in [0, 0.05) is 13.1 Å². The summed E-state index contributed by atoms with van der Waals surface area (Å²) >= 11 is 4.85. The van der Waals surface area contributed by atoms with Gasteiger partial charge < -0.3 is 15.4 Å². The van der Waals surface area contributed by atoms with E-state index < -0.39 is 11.7 Å². The van der Waals surface area contributed by atoms with Crippen LogP contribution >= 0.6 is 12.2 Å². The van der Waals surface area contributed by atoms with Gasteiger partial charge >= 0.3 is 0 Å². The van der Waals surface area contributed by atoms with Crippen molar-refractivity contribution >= 4 is 34.5 Å². The first-order valence-electron chi connectivity index (χ1n) is 6.34. The summed E-state index contributed by atoms with van der Waals surface area (Å²) in [4.78, 5) is 13.7. The van der Waals surface area contributed by atoms with E-state index in [2.05, 4.69) is 10.5 Å². The molecule has 1 aromatic carbocycles. The second-order valence-corrected chi connectivity index (χ2v) is 4.76. The Morgan fingerprint density at radius 2 is 2.05 bits per heavy atom. The Bertz CT molecular complexity index is 573. The zero-order valence-electron chi connectivity index (χ0n) is 11.2. The van der Waals surface area contributed by atoms with Crippen LogP contribution in [0.1, 0.15) is 0 Å². The molecule has 0 saturated carbocycles. The molecule has 112 valence electrons. The molecule has 1 aliphatic rings. The number of hydrogen-bond acceptors (Lipinski definition) is 5. The van der Waals surface area contributed by atoms with Crippen LogP contribution in [0.2, 0.25) is 0 Å². The van der Waals surface area contributed by atoms with Crippen LogP contribution in [-0.2, 0) is 9.53 Å².